The molecular formula is C13H12BrClFNO3. The molecule has 0 aliphatic carbocycles. The fraction of sp³-hybridized carbons (Fsp3) is 0.385. The minimum absolute atomic E-state index is 0.0989. The maximum Gasteiger partial charge on any atom is 0.306 e. The predicted molar refractivity (Wildman–Crippen MR) is 75.4 cm³/mol. The van der Waals surface area contributed by atoms with Gasteiger partial charge in [0, 0.05) is 18.1 Å². The molecule has 108 valence electrons. The van der Waals surface area contributed by atoms with Crippen molar-refractivity contribution in [3.8, 4) is 0 Å². The van der Waals surface area contributed by atoms with Gasteiger partial charge in [-0.25, -0.2) is 4.39 Å². The minimum atomic E-state index is -0.853. The molecule has 0 saturated carbocycles. The lowest BCUT2D eigenvalue weighted by molar-refractivity contribution is -0.143. The Balaban J connectivity index is 2.15. The first-order chi connectivity index (χ1) is 9.40. The molecule has 0 unspecified atom stereocenters. The lowest BCUT2D eigenvalue weighted by Crippen LogP contribution is -2.40. The lowest BCUT2D eigenvalue weighted by atomic mass is 9.96. The van der Waals surface area contributed by atoms with Gasteiger partial charge in [-0.3, -0.25) is 9.59 Å². The van der Waals surface area contributed by atoms with Crippen molar-refractivity contribution >= 4 is 39.4 Å². The van der Waals surface area contributed by atoms with Crippen molar-refractivity contribution in [1.82, 2.24) is 4.90 Å². The third-order valence-electron chi connectivity index (χ3n) is 3.35. The second-order valence-corrected chi connectivity index (χ2v) is 5.94. The van der Waals surface area contributed by atoms with E-state index in [0.29, 0.717) is 25.9 Å². The van der Waals surface area contributed by atoms with E-state index in [2.05, 4.69) is 15.9 Å². The van der Waals surface area contributed by atoms with Crippen LogP contribution in [0.4, 0.5) is 4.39 Å². The molecule has 7 heteroatoms. The molecule has 1 saturated heterocycles. The quantitative estimate of drug-likeness (QED) is 0.820. The summed E-state index contributed by atoms with van der Waals surface area (Å²) >= 11 is 8.83. The number of aliphatic carboxylic acids is 1. The van der Waals surface area contributed by atoms with Crippen LogP contribution in [-0.2, 0) is 4.79 Å². The molecule has 20 heavy (non-hydrogen) atoms. The van der Waals surface area contributed by atoms with Gasteiger partial charge in [0.25, 0.3) is 5.91 Å². The van der Waals surface area contributed by atoms with Gasteiger partial charge < -0.3 is 10.0 Å². The number of piperidine rings is 1. The van der Waals surface area contributed by atoms with Gasteiger partial charge in [-0.05, 0) is 40.9 Å². The van der Waals surface area contributed by atoms with Crippen LogP contribution in [0, 0.1) is 11.7 Å². The maximum atomic E-state index is 13.9. The lowest BCUT2D eigenvalue weighted by Gasteiger charge is -2.30. The summed E-state index contributed by atoms with van der Waals surface area (Å²) in [6.07, 6.45) is 0.759. The van der Waals surface area contributed by atoms with E-state index in [4.69, 9.17) is 16.7 Å². The second kappa shape index (κ2) is 6.10. The molecule has 1 aliphatic rings. The summed E-state index contributed by atoms with van der Waals surface area (Å²) in [5.41, 5.74) is -0.0989. The highest BCUT2D eigenvalue weighted by Gasteiger charge is 2.29. The van der Waals surface area contributed by atoms with Crippen molar-refractivity contribution in [2.24, 2.45) is 5.92 Å². The molecule has 1 aromatic rings. The average Bonchev–Trinajstić information content (AvgIpc) is 2.42. The number of hydrogen-bond acceptors (Lipinski definition) is 2. The number of carboxylic acids is 1. The Hall–Kier alpha value is -1.14. The summed E-state index contributed by atoms with van der Waals surface area (Å²) in [5, 5.41) is 9.18. The predicted octanol–water partition coefficient (Wildman–Crippen LogP) is 3.18. The molecule has 0 spiro atoms. The first kappa shape index (κ1) is 15.3. The first-order valence-electron chi connectivity index (χ1n) is 6.06. The number of halogens is 3. The highest BCUT2D eigenvalue weighted by molar-refractivity contribution is 9.10. The van der Waals surface area contributed by atoms with Crippen LogP contribution >= 0.6 is 27.5 Å². The van der Waals surface area contributed by atoms with E-state index in [1.807, 2.05) is 0 Å². The first-order valence-corrected chi connectivity index (χ1v) is 7.24. The van der Waals surface area contributed by atoms with Gasteiger partial charge in [0.15, 0.2) is 0 Å². The summed E-state index contributed by atoms with van der Waals surface area (Å²) in [5.74, 6) is -2.40. The summed E-state index contributed by atoms with van der Waals surface area (Å²) in [6, 6.07) is 2.66. The number of carbonyl (C=O) groups is 2. The van der Waals surface area contributed by atoms with Crippen LogP contribution in [0.15, 0.2) is 16.6 Å². The van der Waals surface area contributed by atoms with Crippen LogP contribution in [-0.4, -0.2) is 35.0 Å². The number of likely N-dealkylation sites (tertiary alicyclic amines) is 1. The fourth-order valence-electron chi connectivity index (χ4n) is 2.21. The number of amides is 1. The summed E-state index contributed by atoms with van der Waals surface area (Å²) in [7, 11) is 0. The molecule has 1 aliphatic heterocycles. The van der Waals surface area contributed by atoms with E-state index >= 15 is 0 Å². The average molecular weight is 365 g/mol. The van der Waals surface area contributed by atoms with E-state index in [0.717, 1.165) is 0 Å². The van der Waals surface area contributed by atoms with E-state index < -0.39 is 23.6 Å². The monoisotopic (exact) mass is 363 g/mol. The zero-order valence-electron chi connectivity index (χ0n) is 10.4. The molecule has 1 heterocycles. The number of carboxylic acid groups (broad SMARTS) is 1. The molecule has 1 N–H and O–H groups in total. The smallest absolute Gasteiger partial charge is 0.306 e. The Bertz CT molecular complexity index is 559. The van der Waals surface area contributed by atoms with Crippen molar-refractivity contribution in [1.29, 1.82) is 0 Å². The van der Waals surface area contributed by atoms with Gasteiger partial charge in [-0.1, -0.05) is 11.6 Å². The zero-order chi connectivity index (χ0) is 14.9. The third kappa shape index (κ3) is 3.12. The molecule has 0 radical (unpaired) electrons. The summed E-state index contributed by atoms with van der Waals surface area (Å²) < 4.78 is 14.1. The van der Waals surface area contributed by atoms with Crippen molar-refractivity contribution < 1.29 is 19.1 Å². The third-order valence-corrected chi connectivity index (χ3v) is 4.15. The molecule has 4 nitrogen and oxygen atoms in total. The van der Waals surface area contributed by atoms with Crippen LogP contribution in [0.2, 0.25) is 5.02 Å². The van der Waals surface area contributed by atoms with E-state index in [1.54, 1.807) is 0 Å². The van der Waals surface area contributed by atoms with Gasteiger partial charge in [-0.2, -0.15) is 0 Å². The molecule has 1 aromatic carbocycles. The minimum Gasteiger partial charge on any atom is -0.481 e. The standard InChI is InChI=1S/C13H12BrClFNO3/c14-10-6-8(15)5-9(11(10)16)12(18)17-3-1-7(2-4-17)13(19)20/h5-7H,1-4H2,(H,19,20). The Morgan fingerprint density at radius 2 is 1.95 bits per heavy atom. The Morgan fingerprint density at radius 3 is 2.50 bits per heavy atom. The number of hydrogen-bond donors (Lipinski definition) is 1. The Labute approximate surface area is 128 Å². The molecule has 1 amide bonds. The van der Waals surface area contributed by atoms with Crippen LogP contribution in [0.1, 0.15) is 23.2 Å². The molecule has 0 atom stereocenters. The SMILES string of the molecule is O=C(O)C1CCN(C(=O)c2cc(Cl)cc(Br)c2F)CC1. The molecular weight excluding hydrogens is 353 g/mol. The van der Waals surface area contributed by atoms with Crippen molar-refractivity contribution in [3.05, 3.63) is 33.0 Å². The van der Waals surface area contributed by atoms with Crippen LogP contribution in [0.3, 0.4) is 0 Å². The normalized spacial score (nSPS) is 16.2. The number of rotatable bonds is 2. The largest absolute Gasteiger partial charge is 0.481 e. The van der Waals surface area contributed by atoms with Gasteiger partial charge in [-0.15, -0.1) is 0 Å². The highest BCUT2D eigenvalue weighted by Crippen LogP contribution is 2.27. The number of benzene rings is 1. The molecule has 0 bridgehead atoms. The van der Waals surface area contributed by atoms with E-state index in [1.165, 1.54) is 17.0 Å². The second-order valence-electron chi connectivity index (χ2n) is 4.65. The molecule has 1 fully saturated rings. The van der Waals surface area contributed by atoms with Crippen molar-refractivity contribution in [2.75, 3.05) is 13.1 Å². The van der Waals surface area contributed by atoms with Gasteiger partial charge >= 0.3 is 5.97 Å². The molecule has 0 aromatic heterocycles. The van der Waals surface area contributed by atoms with Gasteiger partial charge in [0.1, 0.15) is 5.82 Å². The summed E-state index contributed by atoms with van der Waals surface area (Å²) in [4.78, 5) is 24.6. The Kier molecular flexibility index (Phi) is 4.65. The fourth-order valence-corrected chi connectivity index (χ4v) is 3.02. The van der Waals surface area contributed by atoms with Crippen molar-refractivity contribution in [3.63, 3.8) is 0 Å². The number of carbonyl (C=O) groups excluding carboxylic acids is 1. The van der Waals surface area contributed by atoms with Crippen LogP contribution < -0.4 is 0 Å². The zero-order valence-corrected chi connectivity index (χ0v) is 12.7. The molecule has 2 rings (SSSR count). The van der Waals surface area contributed by atoms with Crippen molar-refractivity contribution in [2.45, 2.75) is 12.8 Å². The maximum absolute atomic E-state index is 13.9. The number of nitrogens with zero attached hydrogens (tertiary/aromatic N) is 1. The topological polar surface area (TPSA) is 57.6 Å². The Morgan fingerprint density at radius 1 is 1.35 bits per heavy atom. The van der Waals surface area contributed by atoms with E-state index in [-0.39, 0.29) is 15.1 Å². The van der Waals surface area contributed by atoms with E-state index in [9.17, 15) is 14.0 Å². The van der Waals surface area contributed by atoms with Gasteiger partial charge in [0.05, 0.1) is 16.0 Å². The van der Waals surface area contributed by atoms with Gasteiger partial charge in [0.2, 0.25) is 0 Å². The summed E-state index contributed by atoms with van der Waals surface area (Å²) in [6.45, 7) is 0.610. The van der Waals surface area contributed by atoms with Crippen LogP contribution in [0.5, 0.6) is 0 Å². The van der Waals surface area contributed by atoms with Crippen LogP contribution in [0.25, 0.3) is 0 Å². The highest BCUT2D eigenvalue weighted by atomic mass is 79.9.